The predicted octanol–water partition coefficient (Wildman–Crippen LogP) is 2.74. The zero-order valence-electron chi connectivity index (χ0n) is 8.48. The number of carbonyl (C=O) groups is 1. The smallest absolute Gasteiger partial charge is 0.293 e. The Morgan fingerprint density at radius 3 is 2.36 bits per heavy atom. The second-order valence-corrected chi connectivity index (χ2v) is 3.24. The van der Waals surface area contributed by atoms with Crippen molar-refractivity contribution in [3.05, 3.63) is 35.9 Å². The maximum atomic E-state index is 9.18. The molecule has 2 rings (SSSR count). The van der Waals surface area contributed by atoms with Crippen LogP contribution in [-0.4, -0.2) is 13.1 Å². The normalized spacial score (nSPS) is 13.8. The Kier molecular flexibility index (Phi) is 4.76. The average molecular weight is 192 g/mol. The molecule has 14 heavy (non-hydrogen) atoms. The Bertz CT molecular complexity index is 252. The molecule has 0 aliphatic heterocycles. The van der Waals surface area contributed by atoms with E-state index in [9.17, 15) is 4.79 Å². The lowest BCUT2D eigenvalue weighted by Gasteiger charge is -1.92. The van der Waals surface area contributed by atoms with Gasteiger partial charge in [0.25, 0.3) is 6.47 Å². The third-order valence-electron chi connectivity index (χ3n) is 2.08. The van der Waals surface area contributed by atoms with Crippen LogP contribution >= 0.6 is 0 Å². The molecule has 0 aromatic heterocycles. The number of hydrogen-bond acceptors (Lipinski definition) is 2. The van der Waals surface area contributed by atoms with Gasteiger partial charge in [-0.3, -0.25) is 4.79 Å². The summed E-state index contributed by atoms with van der Waals surface area (Å²) in [6, 6.07) is 10.8. The van der Waals surface area contributed by atoms with Gasteiger partial charge in [-0.1, -0.05) is 30.3 Å². The van der Waals surface area contributed by atoms with Crippen LogP contribution in [0.2, 0.25) is 0 Å². The third-order valence-corrected chi connectivity index (χ3v) is 2.08. The molecule has 1 aliphatic rings. The van der Waals surface area contributed by atoms with Crippen LogP contribution in [0.1, 0.15) is 31.2 Å². The van der Waals surface area contributed by atoms with Crippen LogP contribution in [0.3, 0.4) is 0 Å². The second kappa shape index (κ2) is 6.19. The van der Waals surface area contributed by atoms with Crippen molar-refractivity contribution in [3.8, 4) is 0 Å². The van der Waals surface area contributed by atoms with Gasteiger partial charge in [0, 0.05) is 0 Å². The molecule has 0 atom stereocenters. The molecule has 0 radical (unpaired) electrons. The SMILES string of the molecule is CCOC=O.c1ccc(C2CC2)cc1. The highest BCUT2D eigenvalue weighted by atomic mass is 16.5. The van der Waals surface area contributed by atoms with Crippen molar-refractivity contribution in [1.29, 1.82) is 0 Å². The molecule has 1 fully saturated rings. The van der Waals surface area contributed by atoms with Gasteiger partial charge in [-0.25, -0.2) is 0 Å². The van der Waals surface area contributed by atoms with E-state index in [1.807, 2.05) is 0 Å². The predicted molar refractivity (Wildman–Crippen MR) is 56.1 cm³/mol. The minimum Gasteiger partial charge on any atom is -0.468 e. The van der Waals surface area contributed by atoms with Crippen LogP contribution < -0.4 is 0 Å². The summed E-state index contributed by atoms with van der Waals surface area (Å²) in [5.41, 5.74) is 1.53. The third kappa shape index (κ3) is 4.08. The van der Waals surface area contributed by atoms with Gasteiger partial charge >= 0.3 is 0 Å². The number of ether oxygens (including phenoxy) is 1. The molecular formula is C12H16O2. The van der Waals surface area contributed by atoms with Crippen molar-refractivity contribution < 1.29 is 9.53 Å². The standard InChI is InChI=1S/C9H10.C3H6O2/c1-2-4-8(5-3-1)9-6-7-9;1-2-5-3-4/h1-5,9H,6-7H2;3H,2H2,1H3. The summed E-state index contributed by atoms with van der Waals surface area (Å²) in [4.78, 5) is 9.18. The van der Waals surface area contributed by atoms with Gasteiger partial charge in [0.05, 0.1) is 6.61 Å². The highest BCUT2D eigenvalue weighted by molar-refractivity contribution is 5.36. The van der Waals surface area contributed by atoms with E-state index in [1.54, 1.807) is 6.92 Å². The highest BCUT2D eigenvalue weighted by Crippen LogP contribution is 2.39. The molecule has 0 amide bonds. The Balaban J connectivity index is 0.000000171. The molecule has 1 aromatic carbocycles. The average Bonchev–Trinajstić information content (AvgIpc) is 3.05. The van der Waals surface area contributed by atoms with Crippen molar-refractivity contribution in [2.75, 3.05) is 6.61 Å². The van der Waals surface area contributed by atoms with Crippen molar-refractivity contribution in [3.63, 3.8) is 0 Å². The van der Waals surface area contributed by atoms with Crippen molar-refractivity contribution in [1.82, 2.24) is 0 Å². The molecule has 0 N–H and O–H groups in total. The van der Waals surface area contributed by atoms with Crippen molar-refractivity contribution >= 4 is 6.47 Å². The van der Waals surface area contributed by atoms with Gasteiger partial charge < -0.3 is 4.74 Å². The van der Waals surface area contributed by atoms with Gasteiger partial charge in [-0.15, -0.1) is 0 Å². The first-order valence-corrected chi connectivity index (χ1v) is 4.98. The summed E-state index contributed by atoms with van der Waals surface area (Å²) in [6.45, 7) is 2.66. The topological polar surface area (TPSA) is 26.3 Å². The van der Waals surface area contributed by atoms with Gasteiger partial charge in [0.15, 0.2) is 0 Å². The number of benzene rings is 1. The highest BCUT2D eigenvalue weighted by Gasteiger charge is 2.22. The summed E-state index contributed by atoms with van der Waals surface area (Å²) in [5, 5.41) is 0. The fourth-order valence-electron chi connectivity index (χ4n) is 1.21. The molecule has 0 saturated heterocycles. The fourth-order valence-corrected chi connectivity index (χ4v) is 1.21. The van der Waals surface area contributed by atoms with Crippen LogP contribution in [0.4, 0.5) is 0 Å². The molecule has 0 spiro atoms. The van der Waals surface area contributed by atoms with Gasteiger partial charge in [0.2, 0.25) is 0 Å². The first-order valence-electron chi connectivity index (χ1n) is 4.98. The Hall–Kier alpha value is -1.31. The fraction of sp³-hybridized carbons (Fsp3) is 0.417. The van der Waals surface area contributed by atoms with E-state index in [0.717, 1.165) is 5.92 Å². The maximum absolute atomic E-state index is 9.18. The molecule has 0 heterocycles. The second-order valence-electron chi connectivity index (χ2n) is 3.24. The summed E-state index contributed by atoms with van der Waals surface area (Å²) in [5.74, 6) is 0.909. The monoisotopic (exact) mass is 192 g/mol. The van der Waals surface area contributed by atoms with Gasteiger partial charge in [-0.05, 0) is 31.2 Å². The minimum absolute atomic E-state index is 0.431. The minimum atomic E-state index is 0.431. The lowest BCUT2D eigenvalue weighted by molar-refractivity contribution is -0.128. The lowest BCUT2D eigenvalue weighted by Crippen LogP contribution is -1.80. The van der Waals surface area contributed by atoms with E-state index in [-0.39, 0.29) is 0 Å². The number of rotatable bonds is 3. The van der Waals surface area contributed by atoms with Gasteiger partial charge in [0.1, 0.15) is 0 Å². The number of carbonyl (C=O) groups excluding carboxylic acids is 1. The van der Waals surface area contributed by atoms with E-state index in [2.05, 4.69) is 35.1 Å². The molecule has 2 nitrogen and oxygen atoms in total. The first-order chi connectivity index (χ1) is 6.88. The quantitative estimate of drug-likeness (QED) is 0.688. The van der Waals surface area contributed by atoms with E-state index in [1.165, 1.54) is 18.4 Å². The largest absolute Gasteiger partial charge is 0.468 e. The number of hydrogen-bond donors (Lipinski definition) is 0. The van der Waals surface area contributed by atoms with E-state index in [4.69, 9.17) is 0 Å². The van der Waals surface area contributed by atoms with Crippen molar-refractivity contribution in [2.45, 2.75) is 25.7 Å². The summed E-state index contributed by atoms with van der Waals surface area (Å²) in [7, 11) is 0. The Morgan fingerprint density at radius 1 is 1.36 bits per heavy atom. The van der Waals surface area contributed by atoms with E-state index in [0.29, 0.717) is 13.1 Å². The van der Waals surface area contributed by atoms with E-state index < -0.39 is 0 Å². The Morgan fingerprint density at radius 2 is 2.00 bits per heavy atom. The molecule has 76 valence electrons. The molecule has 2 heteroatoms. The summed E-state index contributed by atoms with van der Waals surface area (Å²) >= 11 is 0. The van der Waals surface area contributed by atoms with Gasteiger partial charge in [-0.2, -0.15) is 0 Å². The zero-order chi connectivity index (χ0) is 10.2. The zero-order valence-corrected chi connectivity index (χ0v) is 8.48. The molecule has 1 aliphatic carbocycles. The van der Waals surface area contributed by atoms with E-state index >= 15 is 0 Å². The molecule has 1 aromatic rings. The molecule has 1 saturated carbocycles. The van der Waals surface area contributed by atoms with Crippen LogP contribution in [0.5, 0.6) is 0 Å². The van der Waals surface area contributed by atoms with Crippen LogP contribution in [0, 0.1) is 0 Å². The maximum Gasteiger partial charge on any atom is 0.293 e. The molecule has 0 bridgehead atoms. The van der Waals surface area contributed by atoms with Crippen LogP contribution in [0.15, 0.2) is 30.3 Å². The summed E-state index contributed by atoms with van der Waals surface area (Å²) in [6.07, 6.45) is 2.81. The van der Waals surface area contributed by atoms with Crippen molar-refractivity contribution in [2.24, 2.45) is 0 Å². The molecular weight excluding hydrogens is 176 g/mol. The van der Waals surface area contributed by atoms with Crippen LogP contribution in [-0.2, 0) is 9.53 Å². The lowest BCUT2D eigenvalue weighted by atomic mass is 10.1. The Labute approximate surface area is 84.9 Å². The summed E-state index contributed by atoms with van der Waals surface area (Å²) < 4.78 is 4.15. The first kappa shape index (κ1) is 10.8. The van der Waals surface area contributed by atoms with Crippen LogP contribution in [0.25, 0.3) is 0 Å². The molecule has 0 unspecified atom stereocenters.